The minimum Gasteiger partial charge on any atom is -0.381 e. The SMILES string of the molecule is C=C(/C=C(\C)NC(=O)C(C)(C)SC1CCOCC1)C(C)(C)COCC. The van der Waals surface area contributed by atoms with Gasteiger partial charge >= 0.3 is 0 Å². The van der Waals surface area contributed by atoms with E-state index >= 15 is 0 Å². The van der Waals surface area contributed by atoms with E-state index in [4.69, 9.17) is 9.47 Å². The Morgan fingerprint density at radius 3 is 2.48 bits per heavy atom. The Bertz CT molecular complexity index is 491. The topological polar surface area (TPSA) is 47.6 Å². The highest BCUT2D eigenvalue weighted by Crippen LogP contribution is 2.34. The highest BCUT2D eigenvalue weighted by molar-refractivity contribution is 8.01. The van der Waals surface area contributed by atoms with Crippen LogP contribution in [0.5, 0.6) is 0 Å². The zero-order valence-electron chi connectivity index (χ0n) is 16.7. The third kappa shape index (κ3) is 7.55. The summed E-state index contributed by atoms with van der Waals surface area (Å²) in [7, 11) is 0. The average molecular weight is 370 g/mol. The molecule has 0 bridgehead atoms. The predicted molar refractivity (Wildman–Crippen MR) is 107 cm³/mol. The van der Waals surface area contributed by atoms with Crippen LogP contribution in [-0.2, 0) is 14.3 Å². The highest BCUT2D eigenvalue weighted by Gasteiger charge is 2.32. The van der Waals surface area contributed by atoms with Gasteiger partial charge in [-0.25, -0.2) is 0 Å². The molecule has 1 N–H and O–H groups in total. The van der Waals surface area contributed by atoms with E-state index in [-0.39, 0.29) is 11.3 Å². The van der Waals surface area contributed by atoms with Crippen molar-refractivity contribution >= 4 is 17.7 Å². The number of carbonyl (C=O) groups is 1. The molecular formula is C20H35NO3S. The number of carbonyl (C=O) groups excluding carboxylic acids is 1. The van der Waals surface area contributed by atoms with Gasteiger partial charge in [-0.2, -0.15) is 0 Å². The largest absolute Gasteiger partial charge is 0.381 e. The highest BCUT2D eigenvalue weighted by atomic mass is 32.2. The molecule has 0 atom stereocenters. The fourth-order valence-corrected chi connectivity index (χ4v) is 3.96. The first-order valence-corrected chi connectivity index (χ1v) is 9.99. The van der Waals surface area contributed by atoms with Crippen LogP contribution in [0.25, 0.3) is 0 Å². The number of allylic oxidation sites excluding steroid dienone is 2. The van der Waals surface area contributed by atoms with Crippen LogP contribution < -0.4 is 5.32 Å². The molecule has 1 heterocycles. The van der Waals surface area contributed by atoms with E-state index in [1.165, 1.54) is 0 Å². The normalized spacial score (nSPS) is 17.4. The van der Waals surface area contributed by atoms with Crippen molar-refractivity contribution in [3.8, 4) is 0 Å². The van der Waals surface area contributed by atoms with Gasteiger partial charge in [0.15, 0.2) is 0 Å². The smallest absolute Gasteiger partial charge is 0.239 e. The van der Waals surface area contributed by atoms with E-state index in [0.717, 1.165) is 37.3 Å². The molecule has 1 aliphatic rings. The molecule has 144 valence electrons. The van der Waals surface area contributed by atoms with Gasteiger partial charge in [0.05, 0.1) is 11.4 Å². The second kappa shape index (κ2) is 9.79. The third-order valence-electron chi connectivity index (χ3n) is 4.41. The monoisotopic (exact) mass is 369 g/mol. The van der Waals surface area contributed by atoms with E-state index in [1.807, 2.05) is 33.8 Å². The number of amides is 1. The summed E-state index contributed by atoms with van der Waals surface area (Å²) in [6, 6.07) is 0. The average Bonchev–Trinajstić information content (AvgIpc) is 2.53. The predicted octanol–water partition coefficient (Wildman–Crippen LogP) is 4.32. The van der Waals surface area contributed by atoms with Crippen LogP contribution in [0.4, 0.5) is 0 Å². The molecule has 5 heteroatoms. The lowest BCUT2D eigenvalue weighted by Crippen LogP contribution is -2.41. The van der Waals surface area contributed by atoms with Gasteiger partial charge in [0.25, 0.3) is 0 Å². The maximum Gasteiger partial charge on any atom is 0.239 e. The second-order valence-corrected chi connectivity index (χ2v) is 9.69. The Kier molecular flexibility index (Phi) is 8.72. The molecule has 0 radical (unpaired) electrons. The second-order valence-electron chi connectivity index (χ2n) is 7.77. The van der Waals surface area contributed by atoms with Crippen molar-refractivity contribution in [1.82, 2.24) is 5.32 Å². The summed E-state index contributed by atoms with van der Waals surface area (Å²) < 4.78 is 10.5. The maximum absolute atomic E-state index is 12.7. The molecule has 0 spiro atoms. The molecule has 0 aromatic rings. The van der Waals surface area contributed by atoms with E-state index in [0.29, 0.717) is 18.5 Å². The van der Waals surface area contributed by atoms with Gasteiger partial charge in [-0.05, 0) is 52.2 Å². The Hall–Kier alpha value is -0.780. The first-order chi connectivity index (χ1) is 11.6. The lowest BCUT2D eigenvalue weighted by atomic mass is 9.85. The van der Waals surface area contributed by atoms with Gasteiger partial charge in [-0.1, -0.05) is 20.4 Å². The Balaban J connectivity index is 2.62. The van der Waals surface area contributed by atoms with Crippen molar-refractivity contribution in [2.75, 3.05) is 26.4 Å². The molecule has 0 aromatic carbocycles. The van der Waals surface area contributed by atoms with Gasteiger partial charge in [0, 0.05) is 36.2 Å². The van der Waals surface area contributed by atoms with Gasteiger partial charge in [0.1, 0.15) is 0 Å². The van der Waals surface area contributed by atoms with Crippen LogP contribution in [0, 0.1) is 5.41 Å². The van der Waals surface area contributed by atoms with Crippen molar-refractivity contribution in [2.45, 2.75) is 64.4 Å². The van der Waals surface area contributed by atoms with E-state index in [2.05, 4.69) is 25.7 Å². The third-order valence-corrected chi connectivity index (χ3v) is 5.99. The number of nitrogens with one attached hydrogen (secondary N) is 1. The summed E-state index contributed by atoms with van der Waals surface area (Å²) in [6.07, 6.45) is 3.98. The van der Waals surface area contributed by atoms with Crippen LogP contribution in [-0.4, -0.2) is 42.3 Å². The molecule has 0 saturated carbocycles. The quantitative estimate of drug-likeness (QED) is 0.615. The van der Waals surface area contributed by atoms with Crippen LogP contribution in [0.15, 0.2) is 23.9 Å². The Morgan fingerprint density at radius 1 is 1.32 bits per heavy atom. The van der Waals surface area contributed by atoms with Gasteiger partial charge < -0.3 is 14.8 Å². The molecule has 25 heavy (non-hydrogen) atoms. The lowest BCUT2D eigenvalue weighted by molar-refractivity contribution is -0.121. The Labute approximate surface area is 157 Å². The summed E-state index contributed by atoms with van der Waals surface area (Å²) in [5, 5.41) is 3.52. The van der Waals surface area contributed by atoms with Crippen molar-refractivity contribution in [2.24, 2.45) is 5.41 Å². The molecule has 0 aliphatic carbocycles. The molecule has 1 amide bonds. The molecule has 0 unspecified atom stereocenters. The fraction of sp³-hybridized carbons (Fsp3) is 0.750. The molecular weight excluding hydrogens is 334 g/mol. The standard InChI is InChI=1S/C20H35NO3S/c1-8-23-14-19(4,5)15(2)13-16(3)21-18(22)20(6,7)25-17-9-11-24-12-10-17/h13,17H,2,8-12,14H2,1,3-7H3,(H,21,22)/b16-13+. The summed E-state index contributed by atoms with van der Waals surface area (Å²) in [5.74, 6) is 0.0353. The van der Waals surface area contributed by atoms with E-state index in [1.54, 1.807) is 11.8 Å². The number of ether oxygens (including phenoxy) is 2. The van der Waals surface area contributed by atoms with Gasteiger partial charge in [-0.15, -0.1) is 11.8 Å². The van der Waals surface area contributed by atoms with Crippen LogP contribution in [0.1, 0.15) is 54.4 Å². The van der Waals surface area contributed by atoms with Crippen molar-refractivity contribution in [3.05, 3.63) is 23.9 Å². The van der Waals surface area contributed by atoms with Crippen molar-refractivity contribution in [3.63, 3.8) is 0 Å². The molecule has 1 saturated heterocycles. The summed E-state index contributed by atoms with van der Waals surface area (Å²) >= 11 is 1.75. The van der Waals surface area contributed by atoms with Gasteiger partial charge in [-0.3, -0.25) is 4.79 Å². The van der Waals surface area contributed by atoms with Crippen molar-refractivity contribution < 1.29 is 14.3 Å². The minimum atomic E-state index is -0.473. The van der Waals surface area contributed by atoms with Crippen LogP contribution in [0.2, 0.25) is 0 Å². The summed E-state index contributed by atoms with van der Waals surface area (Å²) in [5.41, 5.74) is 1.61. The molecule has 1 fully saturated rings. The van der Waals surface area contributed by atoms with E-state index in [9.17, 15) is 4.79 Å². The summed E-state index contributed by atoms with van der Waals surface area (Å²) in [6.45, 7) is 19.1. The minimum absolute atomic E-state index is 0.0353. The molecule has 4 nitrogen and oxygen atoms in total. The summed E-state index contributed by atoms with van der Waals surface area (Å²) in [4.78, 5) is 12.7. The zero-order valence-corrected chi connectivity index (χ0v) is 17.6. The number of thioether (sulfide) groups is 1. The number of hydrogen-bond acceptors (Lipinski definition) is 4. The molecule has 0 aromatic heterocycles. The molecule has 1 aliphatic heterocycles. The first-order valence-electron chi connectivity index (χ1n) is 9.11. The number of hydrogen-bond donors (Lipinski definition) is 1. The number of rotatable bonds is 9. The van der Waals surface area contributed by atoms with Gasteiger partial charge in [0.2, 0.25) is 5.91 Å². The zero-order chi connectivity index (χ0) is 19.1. The van der Waals surface area contributed by atoms with Crippen LogP contribution >= 0.6 is 11.8 Å². The fourth-order valence-electron chi connectivity index (χ4n) is 2.54. The maximum atomic E-state index is 12.7. The van der Waals surface area contributed by atoms with Crippen molar-refractivity contribution in [1.29, 1.82) is 0 Å². The lowest BCUT2D eigenvalue weighted by Gasteiger charge is -2.31. The van der Waals surface area contributed by atoms with E-state index < -0.39 is 4.75 Å². The molecule has 1 rings (SSSR count). The Morgan fingerprint density at radius 2 is 1.92 bits per heavy atom. The first kappa shape index (κ1) is 22.3. The van der Waals surface area contributed by atoms with Crippen LogP contribution in [0.3, 0.4) is 0 Å².